The van der Waals surface area contributed by atoms with Crippen LogP contribution in [0.4, 0.5) is 24.0 Å². The third-order valence-electron chi connectivity index (χ3n) is 6.59. The molecule has 2 aromatic carbocycles. The van der Waals surface area contributed by atoms with Crippen LogP contribution in [0.1, 0.15) is 11.1 Å². The molecule has 0 saturated carbocycles. The number of halogens is 3. The van der Waals surface area contributed by atoms with Crippen LogP contribution in [-0.2, 0) is 12.7 Å². The number of hydrogen-bond acceptors (Lipinski definition) is 8. The standard InChI is InChI=1S/C23H21F3N4O4S/c1-34-17-4-2-3-13(5-17)8-28-9-14-11-29(12-15(14)10-28)22-27-21(31)18-6-16(23(24,25)26)7-19(30(32)33)20(18)35-22/h2-7,14-15H,8-12H2,1H3. The van der Waals surface area contributed by atoms with Crippen molar-refractivity contribution in [1.82, 2.24) is 9.88 Å². The molecular formula is C23H21F3N4O4S. The Morgan fingerprint density at radius 3 is 2.51 bits per heavy atom. The van der Waals surface area contributed by atoms with E-state index in [2.05, 4.69) is 16.0 Å². The minimum Gasteiger partial charge on any atom is -0.497 e. The Hall–Kier alpha value is -3.25. The number of non-ortho nitro benzene ring substituents is 1. The highest BCUT2D eigenvalue weighted by molar-refractivity contribution is 7.22. The average Bonchev–Trinajstić information content (AvgIpc) is 3.36. The fraction of sp³-hybridized carbons (Fsp3) is 0.391. The normalized spacial score (nSPS) is 20.4. The zero-order valence-corrected chi connectivity index (χ0v) is 19.4. The molecule has 0 N–H and O–H groups in total. The van der Waals surface area contributed by atoms with Crippen molar-refractivity contribution in [2.75, 3.05) is 38.2 Å². The van der Waals surface area contributed by atoms with Gasteiger partial charge in [0.15, 0.2) is 5.13 Å². The van der Waals surface area contributed by atoms with E-state index in [0.29, 0.717) is 42.2 Å². The quantitative estimate of drug-likeness (QED) is 0.379. The van der Waals surface area contributed by atoms with Gasteiger partial charge in [-0.1, -0.05) is 23.5 Å². The molecule has 2 aliphatic heterocycles. The van der Waals surface area contributed by atoms with Gasteiger partial charge >= 0.3 is 6.18 Å². The molecule has 2 saturated heterocycles. The molecule has 0 spiro atoms. The number of fused-ring (bicyclic) bond motifs is 2. The zero-order chi connectivity index (χ0) is 24.9. The first-order valence-electron chi connectivity index (χ1n) is 10.9. The maximum absolute atomic E-state index is 13.2. The van der Waals surface area contributed by atoms with Crippen molar-refractivity contribution in [3.8, 4) is 5.75 Å². The summed E-state index contributed by atoms with van der Waals surface area (Å²) in [4.78, 5) is 31.6. The highest BCUT2D eigenvalue weighted by Crippen LogP contribution is 2.40. The third kappa shape index (κ3) is 4.55. The van der Waals surface area contributed by atoms with E-state index in [-0.39, 0.29) is 10.1 Å². The van der Waals surface area contributed by atoms with Gasteiger partial charge in [-0.2, -0.15) is 18.2 Å². The summed E-state index contributed by atoms with van der Waals surface area (Å²) in [5.74, 6) is 1.48. The van der Waals surface area contributed by atoms with E-state index in [1.165, 1.54) is 0 Å². The summed E-state index contributed by atoms with van der Waals surface area (Å²) >= 11 is 0.897. The summed E-state index contributed by atoms with van der Waals surface area (Å²) in [6.07, 6.45) is -4.81. The second-order valence-corrected chi connectivity index (χ2v) is 9.88. The Bertz CT molecular complexity index is 1350. The SMILES string of the molecule is COc1cccc(CN2CC3CN(c4nc(=O)c5cc(C(F)(F)F)cc([N+](=O)[O-])c5s4)CC3C2)c1. The number of methoxy groups -OCH3 is 1. The number of nitro benzene ring substituents is 1. The van der Waals surface area contributed by atoms with Crippen LogP contribution in [-0.4, -0.2) is 48.1 Å². The largest absolute Gasteiger partial charge is 0.497 e. The lowest BCUT2D eigenvalue weighted by Crippen LogP contribution is -2.29. The van der Waals surface area contributed by atoms with Crippen molar-refractivity contribution in [2.24, 2.45) is 11.8 Å². The van der Waals surface area contributed by atoms with Crippen LogP contribution in [0.5, 0.6) is 5.75 Å². The summed E-state index contributed by atoms with van der Waals surface area (Å²) in [6.45, 7) is 3.76. The number of likely N-dealkylation sites (tertiary alicyclic amines) is 1. The van der Waals surface area contributed by atoms with Crippen LogP contribution in [0, 0.1) is 22.0 Å². The Balaban J connectivity index is 1.36. The van der Waals surface area contributed by atoms with E-state index in [1.807, 2.05) is 23.1 Å². The Morgan fingerprint density at radius 2 is 1.89 bits per heavy atom. The van der Waals surface area contributed by atoms with Gasteiger partial charge in [0.25, 0.3) is 11.2 Å². The molecular weight excluding hydrogens is 485 g/mol. The van der Waals surface area contributed by atoms with Crippen LogP contribution >= 0.6 is 11.3 Å². The van der Waals surface area contributed by atoms with Crippen molar-refractivity contribution in [2.45, 2.75) is 12.7 Å². The summed E-state index contributed by atoms with van der Waals surface area (Å²) in [5.41, 5.74) is -1.70. The van der Waals surface area contributed by atoms with Crippen LogP contribution in [0.25, 0.3) is 10.1 Å². The van der Waals surface area contributed by atoms with Crippen LogP contribution in [0.15, 0.2) is 41.2 Å². The molecule has 8 nitrogen and oxygen atoms in total. The summed E-state index contributed by atoms with van der Waals surface area (Å²) in [5, 5.41) is 11.4. The second-order valence-electron chi connectivity index (χ2n) is 8.90. The van der Waals surface area contributed by atoms with Gasteiger partial charge in [-0.05, 0) is 35.6 Å². The average molecular weight is 507 g/mol. The lowest BCUT2D eigenvalue weighted by Gasteiger charge is -2.22. The first-order chi connectivity index (χ1) is 16.6. The van der Waals surface area contributed by atoms with Gasteiger partial charge in [0.05, 0.1) is 23.0 Å². The van der Waals surface area contributed by atoms with Crippen LogP contribution in [0.2, 0.25) is 0 Å². The number of rotatable bonds is 5. The monoisotopic (exact) mass is 506 g/mol. The number of ether oxygens (including phenoxy) is 1. The number of nitro groups is 1. The van der Waals surface area contributed by atoms with Crippen molar-refractivity contribution in [3.63, 3.8) is 0 Å². The van der Waals surface area contributed by atoms with Gasteiger partial charge < -0.3 is 9.64 Å². The lowest BCUT2D eigenvalue weighted by atomic mass is 10.0. The van der Waals surface area contributed by atoms with E-state index >= 15 is 0 Å². The lowest BCUT2D eigenvalue weighted by molar-refractivity contribution is -0.383. The topological polar surface area (TPSA) is 88.8 Å². The molecule has 2 fully saturated rings. The number of anilines is 1. The van der Waals surface area contributed by atoms with Crippen LogP contribution < -0.4 is 15.2 Å². The van der Waals surface area contributed by atoms with Gasteiger partial charge in [-0.15, -0.1) is 0 Å². The summed E-state index contributed by atoms with van der Waals surface area (Å²) in [6, 6.07) is 9.04. The molecule has 2 unspecified atom stereocenters. The number of alkyl halides is 3. The molecule has 0 amide bonds. The molecule has 12 heteroatoms. The Kier molecular flexibility index (Phi) is 5.88. The fourth-order valence-electron chi connectivity index (χ4n) is 4.98. The highest BCUT2D eigenvalue weighted by atomic mass is 32.1. The number of hydrogen-bond donors (Lipinski definition) is 0. The van der Waals surface area contributed by atoms with Crippen molar-refractivity contribution in [1.29, 1.82) is 0 Å². The molecule has 0 aliphatic carbocycles. The third-order valence-corrected chi connectivity index (χ3v) is 7.75. The van der Waals surface area contributed by atoms with Gasteiger partial charge in [-0.3, -0.25) is 19.8 Å². The van der Waals surface area contributed by atoms with E-state index in [4.69, 9.17) is 4.74 Å². The number of nitrogens with zero attached hydrogens (tertiary/aromatic N) is 4. The van der Waals surface area contributed by atoms with Gasteiger partial charge in [0, 0.05) is 38.8 Å². The molecule has 5 rings (SSSR count). The van der Waals surface area contributed by atoms with Gasteiger partial charge in [0.2, 0.25) is 0 Å². The van der Waals surface area contributed by atoms with Gasteiger partial charge in [-0.25, -0.2) is 0 Å². The predicted octanol–water partition coefficient (Wildman–Crippen LogP) is 4.16. The zero-order valence-electron chi connectivity index (χ0n) is 18.6. The highest BCUT2D eigenvalue weighted by Gasteiger charge is 2.41. The number of aromatic nitrogens is 1. The van der Waals surface area contributed by atoms with E-state index in [9.17, 15) is 28.1 Å². The predicted molar refractivity (Wildman–Crippen MR) is 125 cm³/mol. The fourth-order valence-corrected chi connectivity index (χ4v) is 6.06. The van der Waals surface area contributed by atoms with E-state index in [0.717, 1.165) is 42.3 Å². The maximum atomic E-state index is 13.2. The first kappa shape index (κ1) is 23.5. The van der Waals surface area contributed by atoms with Crippen molar-refractivity contribution in [3.05, 3.63) is 68.0 Å². The maximum Gasteiger partial charge on any atom is 0.416 e. The van der Waals surface area contributed by atoms with Crippen LogP contribution in [0.3, 0.4) is 0 Å². The summed E-state index contributed by atoms with van der Waals surface area (Å²) < 4.78 is 44.8. The van der Waals surface area contributed by atoms with Crippen molar-refractivity contribution < 1.29 is 22.8 Å². The smallest absolute Gasteiger partial charge is 0.416 e. The van der Waals surface area contributed by atoms with Gasteiger partial charge in [0.1, 0.15) is 10.4 Å². The molecule has 0 bridgehead atoms. The minimum absolute atomic E-state index is 0.0882. The Labute approximate surface area is 201 Å². The molecule has 2 aliphatic rings. The Morgan fingerprint density at radius 1 is 1.17 bits per heavy atom. The molecule has 184 valence electrons. The second kappa shape index (κ2) is 8.76. The molecule has 3 heterocycles. The molecule has 2 atom stereocenters. The summed E-state index contributed by atoms with van der Waals surface area (Å²) in [7, 11) is 1.63. The molecule has 35 heavy (non-hydrogen) atoms. The van der Waals surface area contributed by atoms with E-state index in [1.54, 1.807) is 7.11 Å². The molecule has 1 aromatic heterocycles. The van der Waals surface area contributed by atoms with Crippen molar-refractivity contribution >= 4 is 32.2 Å². The first-order valence-corrected chi connectivity index (χ1v) is 11.7. The molecule has 3 aromatic rings. The minimum atomic E-state index is -4.81. The van der Waals surface area contributed by atoms with E-state index < -0.39 is 27.9 Å². The molecule has 0 radical (unpaired) electrons. The number of benzene rings is 2.